The van der Waals surface area contributed by atoms with Crippen LogP contribution >= 0.6 is 0 Å². The summed E-state index contributed by atoms with van der Waals surface area (Å²) >= 11 is 0. The van der Waals surface area contributed by atoms with Crippen molar-refractivity contribution < 1.29 is 13.3 Å². The van der Waals surface area contributed by atoms with Gasteiger partial charge in [-0.15, -0.1) is 0 Å². The Kier molecular flexibility index (Phi) is 12.4. The van der Waals surface area contributed by atoms with E-state index in [-0.39, 0.29) is 10.8 Å². The van der Waals surface area contributed by atoms with Crippen molar-refractivity contribution in [3.63, 3.8) is 0 Å². The van der Waals surface area contributed by atoms with E-state index in [1.54, 1.807) is 0 Å². The van der Waals surface area contributed by atoms with Crippen LogP contribution in [-0.4, -0.2) is 0 Å². The normalized spacial score (nSPS) is 16.1. The van der Waals surface area contributed by atoms with E-state index in [1.165, 1.54) is 167 Å². The summed E-state index contributed by atoms with van der Waals surface area (Å²) in [6.45, 7) is 19.6. The maximum atomic E-state index is 7.23. The fourth-order valence-electron chi connectivity index (χ4n) is 23.4. The molecule has 0 radical (unpaired) electrons. The minimum atomic E-state index is -0.824. The van der Waals surface area contributed by atoms with Crippen LogP contribution in [0, 0.1) is 0 Å². The first kappa shape index (κ1) is 64.4. The van der Waals surface area contributed by atoms with Gasteiger partial charge in [0.2, 0.25) is 0 Å². The lowest BCUT2D eigenvalue weighted by molar-refractivity contribution is 0.600. The Morgan fingerprint density at radius 3 is 1.14 bits per heavy atom. The van der Waals surface area contributed by atoms with Crippen molar-refractivity contribution in [1.29, 1.82) is 0 Å². The molecule has 3 heterocycles. The van der Waals surface area contributed by atoms with Crippen LogP contribution < -0.4 is 4.90 Å². The average Bonchev–Trinajstić information content (AvgIpc) is 1.52. The molecule has 25 rings (SSSR count). The van der Waals surface area contributed by atoms with E-state index >= 15 is 0 Å². The Balaban J connectivity index is 0.752. The zero-order valence-corrected chi connectivity index (χ0v) is 64.8. The second-order valence-electron chi connectivity index (χ2n) is 35.1. The van der Waals surface area contributed by atoms with E-state index in [9.17, 15) is 0 Å². The first-order valence-corrected chi connectivity index (χ1v) is 40.4. The second kappa shape index (κ2) is 21.9. The fraction of sp³-hybridized carbons (Fsp3) is 0.127. The van der Waals surface area contributed by atoms with E-state index in [0.29, 0.717) is 0 Å². The highest BCUT2D eigenvalue weighted by Gasteiger charge is 2.54. The van der Waals surface area contributed by atoms with Gasteiger partial charge in [0.1, 0.15) is 33.5 Å². The van der Waals surface area contributed by atoms with E-state index < -0.39 is 21.7 Å². The molecule has 0 N–H and O–H groups in total. The third kappa shape index (κ3) is 7.80. The molecule has 16 aromatic carbocycles. The van der Waals surface area contributed by atoms with Crippen molar-refractivity contribution in [2.45, 2.75) is 87.9 Å². The Labute approximate surface area is 661 Å². The highest BCUT2D eigenvalue weighted by molar-refractivity contribution is 6.22. The van der Waals surface area contributed by atoms with Gasteiger partial charge in [0, 0.05) is 76.6 Å². The number of hydrogen-bond acceptors (Lipinski definition) is 4. The standard InChI is InChI=1S/C110H77NO3/c1-105(2)81-51-53-93-97(73-38-22-26-42-90(73)112-93)95(81)78-60-85-76(58-86(78)105)69-48-45-66(55-83(69)106(85,3)4)111(67-47-50-72-84(56-67)108(7,8)102-99(72)100-75-40-24-28-44-92(75)114-104(100)101-71-37-21-25-41-80(71)107(5,6)103(101)102)68-46-49-70-77-59-89-79(61-88(77)110(87(70)57-68,64-33-17-11-18-34-64)65-35-19-12-20-36-65)96-82(52-54-94-98(96)74-39-23-27-43-91(74)113-94)109(89,62-29-13-9-14-30-62)63-31-15-10-16-32-63/h9-61H,1-8H3. The molecule has 4 nitrogen and oxygen atoms in total. The molecule has 0 atom stereocenters. The molecule has 19 aromatic rings. The number of nitrogens with zero attached hydrogens (tertiary/aromatic N) is 1. The molecule has 0 unspecified atom stereocenters. The van der Waals surface area contributed by atoms with Crippen molar-refractivity contribution in [3.05, 3.63) is 411 Å². The van der Waals surface area contributed by atoms with E-state index in [4.69, 9.17) is 13.3 Å². The molecule has 540 valence electrons. The third-order valence-corrected chi connectivity index (χ3v) is 28.3. The summed E-state index contributed by atoms with van der Waals surface area (Å²) in [4.78, 5) is 2.61. The SMILES string of the molecule is CC1(C)c2cc(N(c3ccc4c(c3)C(C)(C)c3c5c(c6oc7ccccc7c6c3-4)-c3ccccc3C5(C)C)c3ccc4c(c3)C(c3ccccc3)(c3ccccc3)c3cc5c(cc3-4)C(c3ccccc3)(c3ccccc3)c3ccc4oc6ccccc6c4c3-5)ccc2-c2cc3c(cc21)-c1c(ccc2oc4ccccc4c12)C3(C)C. The maximum Gasteiger partial charge on any atom is 0.144 e. The predicted molar refractivity (Wildman–Crippen MR) is 468 cm³/mol. The Bertz CT molecular complexity index is 7440. The second-order valence-corrected chi connectivity index (χ2v) is 35.1. The number of anilines is 3. The molecule has 3 aromatic heterocycles. The Hall–Kier alpha value is -13.3. The molecule has 6 aliphatic rings. The average molecular weight is 1460 g/mol. The summed E-state index contributed by atoms with van der Waals surface area (Å²) < 4.78 is 20.8. The van der Waals surface area contributed by atoms with Gasteiger partial charge in [-0.1, -0.05) is 286 Å². The van der Waals surface area contributed by atoms with Crippen LogP contribution in [0.25, 0.3) is 133 Å². The van der Waals surface area contributed by atoms with Crippen LogP contribution in [0.4, 0.5) is 17.1 Å². The molecule has 0 aliphatic heterocycles. The molecule has 0 fully saturated rings. The van der Waals surface area contributed by atoms with E-state index in [2.05, 4.69) is 382 Å². The lowest BCUT2D eigenvalue weighted by atomic mass is 9.66. The summed E-state index contributed by atoms with van der Waals surface area (Å²) in [5, 5.41) is 6.96. The topological polar surface area (TPSA) is 42.7 Å². The molecule has 0 saturated heterocycles. The van der Waals surface area contributed by atoms with Gasteiger partial charge < -0.3 is 18.2 Å². The van der Waals surface area contributed by atoms with Gasteiger partial charge in [0.05, 0.1) is 10.8 Å². The summed E-state index contributed by atoms with van der Waals surface area (Å²) in [7, 11) is 0. The van der Waals surface area contributed by atoms with Crippen molar-refractivity contribution in [2.75, 3.05) is 4.90 Å². The number of para-hydroxylation sites is 3. The van der Waals surface area contributed by atoms with E-state index in [0.717, 1.165) is 72.1 Å². The van der Waals surface area contributed by atoms with Gasteiger partial charge in [-0.05, 0) is 241 Å². The molecule has 0 saturated carbocycles. The zero-order valence-electron chi connectivity index (χ0n) is 64.8. The molecule has 0 amide bonds. The summed E-state index contributed by atoms with van der Waals surface area (Å²) in [5.41, 5.74) is 41.4. The summed E-state index contributed by atoms with van der Waals surface area (Å²) in [6.07, 6.45) is 0. The largest absolute Gasteiger partial charge is 0.456 e. The van der Waals surface area contributed by atoms with Gasteiger partial charge in [0.25, 0.3) is 0 Å². The van der Waals surface area contributed by atoms with Crippen molar-refractivity contribution >= 4 is 82.9 Å². The maximum absolute atomic E-state index is 7.23. The van der Waals surface area contributed by atoms with Crippen LogP contribution in [0.2, 0.25) is 0 Å². The number of rotatable bonds is 7. The van der Waals surface area contributed by atoms with Crippen LogP contribution in [-0.2, 0) is 32.5 Å². The molecular weight excluding hydrogens is 1380 g/mol. The van der Waals surface area contributed by atoms with Crippen molar-refractivity contribution in [2.24, 2.45) is 0 Å². The quantitative estimate of drug-likeness (QED) is 0.159. The van der Waals surface area contributed by atoms with Crippen LogP contribution in [0.3, 0.4) is 0 Å². The van der Waals surface area contributed by atoms with Crippen molar-refractivity contribution in [3.8, 4) is 66.8 Å². The first-order chi connectivity index (χ1) is 55.6. The predicted octanol–water partition coefficient (Wildman–Crippen LogP) is 28.8. The van der Waals surface area contributed by atoms with Gasteiger partial charge in [-0.3, -0.25) is 0 Å². The first-order valence-electron chi connectivity index (χ1n) is 40.4. The highest BCUT2D eigenvalue weighted by atomic mass is 16.3. The van der Waals surface area contributed by atoms with Crippen LogP contribution in [0.1, 0.15) is 144 Å². The van der Waals surface area contributed by atoms with Gasteiger partial charge in [-0.2, -0.15) is 0 Å². The molecule has 6 aliphatic carbocycles. The number of benzene rings is 16. The summed E-state index contributed by atoms with van der Waals surface area (Å²) in [6, 6.07) is 122. The molecule has 4 heteroatoms. The smallest absolute Gasteiger partial charge is 0.144 e. The third-order valence-electron chi connectivity index (χ3n) is 28.3. The minimum absolute atomic E-state index is 0.256. The molecule has 114 heavy (non-hydrogen) atoms. The zero-order chi connectivity index (χ0) is 76.0. The minimum Gasteiger partial charge on any atom is -0.456 e. The van der Waals surface area contributed by atoms with Gasteiger partial charge >= 0.3 is 0 Å². The molecular formula is C110H77NO3. The summed E-state index contributed by atoms with van der Waals surface area (Å²) in [5.74, 6) is 0. The molecule has 0 bridgehead atoms. The monoisotopic (exact) mass is 1460 g/mol. The lowest BCUT2D eigenvalue weighted by Gasteiger charge is -2.36. The van der Waals surface area contributed by atoms with Gasteiger partial charge in [0.15, 0.2) is 0 Å². The van der Waals surface area contributed by atoms with Crippen LogP contribution in [0.5, 0.6) is 0 Å². The fourth-order valence-corrected chi connectivity index (χ4v) is 23.4. The number of hydrogen-bond donors (Lipinski definition) is 0. The van der Waals surface area contributed by atoms with E-state index in [1.807, 2.05) is 0 Å². The van der Waals surface area contributed by atoms with Crippen molar-refractivity contribution in [1.82, 2.24) is 0 Å². The van der Waals surface area contributed by atoms with Crippen LogP contribution in [0.15, 0.2) is 335 Å². The Morgan fingerprint density at radius 1 is 0.211 bits per heavy atom. The highest BCUT2D eigenvalue weighted by Crippen LogP contribution is 2.68. The number of furan rings is 3. The lowest BCUT2D eigenvalue weighted by Crippen LogP contribution is -2.30. The number of fused-ring (bicyclic) bond motifs is 32. The molecule has 0 spiro atoms. The Morgan fingerprint density at radius 2 is 0.561 bits per heavy atom. The van der Waals surface area contributed by atoms with Gasteiger partial charge in [-0.25, -0.2) is 0 Å².